The van der Waals surface area contributed by atoms with Gasteiger partial charge in [-0.1, -0.05) is 11.6 Å². The molecule has 1 fully saturated rings. The Morgan fingerprint density at radius 1 is 1.09 bits per heavy atom. The normalized spacial score (nSPS) is 19.6. The molecule has 0 saturated carbocycles. The Morgan fingerprint density at radius 3 is 2.32 bits per heavy atom. The molecule has 1 aliphatic rings. The number of rotatable bonds is 2. The van der Waals surface area contributed by atoms with Crippen LogP contribution < -0.4 is 10.8 Å². The van der Waals surface area contributed by atoms with E-state index in [4.69, 9.17) is 20.9 Å². The fraction of sp³-hybridized carbons (Fsp3) is 0.438. The van der Waals surface area contributed by atoms with Crippen LogP contribution in [0.2, 0.25) is 5.02 Å². The van der Waals surface area contributed by atoms with E-state index in [0.29, 0.717) is 5.02 Å². The maximum atomic E-state index is 6.28. The Bertz CT molecular complexity index is 717. The first-order chi connectivity index (χ1) is 10.2. The lowest BCUT2D eigenvalue weighted by molar-refractivity contribution is 0.00578. The number of nitrogens with zero attached hydrogens (tertiary/aromatic N) is 1. The van der Waals surface area contributed by atoms with Gasteiger partial charge in [0.15, 0.2) is 0 Å². The maximum absolute atomic E-state index is 6.28. The molecule has 0 aliphatic carbocycles. The van der Waals surface area contributed by atoms with Gasteiger partial charge < -0.3 is 14.6 Å². The van der Waals surface area contributed by atoms with Crippen LogP contribution in [0.1, 0.15) is 27.7 Å². The van der Waals surface area contributed by atoms with Crippen LogP contribution in [0.4, 0.5) is 5.69 Å². The minimum Gasteiger partial charge on any atom is -0.399 e. The molecule has 0 radical (unpaired) electrons. The van der Waals surface area contributed by atoms with Crippen molar-refractivity contribution < 1.29 is 9.31 Å². The maximum Gasteiger partial charge on any atom is 0.497 e. The minimum atomic E-state index is -0.473. The molecule has 1 saturated heterocycles. The largest absolute Gasteiger partial charge is 0.497 e. The van der Waals surface area contributed by atoms with Crippen LogP contribution in [-0.4, -0.2) is 30.4 Å². The zero-order valence-corrected chi connectivity index (χ0v) is 14.3. The molecule has 1 N–H and O–H groups in total. The van der Waals surface area contributed by atoms with Crippen LogP contribution in [0.25, 0.3) is 10.9 Å². The third-order valence-electron chi connectivity index (χ3n) is 4.57. The van der Waals surface area contributed by atoms with Gasteiger partial charge in [-0.2, -0.15) is 0 Å². The smallest absolute Gasteiger partial charge is 0.399 e. The summed E-state index contributed by atoms with van der Waals surface area (Å²) in [7, 11) is 1.39. The minimum absolute atomic E-state index is 0.392. The Hall–Kier alpha value is -1.30. The highest BCUT2D eigenvalue weighted by Gasteiger charge is 2.52. The van der Waals surface area contributed by atoms with Gasteiger partial charge in [-0.3, -0.25) is 4.98 Å². The van der Waals surface area contributed by atoms with E-state index in [-0.39, 0.29) is 0 Å². The van der Waals surface area contributed by atoms with Gasteiger partial charge in [0.05, 0.1) is 28.6 Å². The van der Waals surface area contributed by atoms with Crippen molar-refractivity contribution in [1.29, 1.82) is 0 Å². The van der Waals surface area contributed by atoms with Crippen LogP contribution in [-0.2, 0) is 9.31 Å². The third-order valence-corrected chi connectivity index (χ3v) is 4.79. The average molecular weight is 319 g/mol. The summed E-state index contributed by atoms with van der Waals surface area (Å²) in [6.45, 7) is 8.14. The monoisotopic (exact) mass is 318 g/mol. The quantitative estimate of drug-likeness (QED) is 0.863. The van der Waals surface area contributed by atoms with Gasteiger partial charge in [-0.15, -0.1) is 0 Å². The number of aromatic nitrogens is 1. The first kappa shape index (κ1) is 15.6. The van der Waals surface area contributed by atoms with Crippen LogP contribution >= 0.6 is 11.6 Å². The molecular formula is C16H20BClN2O2. The highest BCUT2D eigenvalue weighted by Crippen LogP contribution is 2.37. The number of nitrogens with one attached hydrogen (secondary N) is 1. The molecule has 0 unspecified atom stereocenters. The highest BCUT2D eigenvalue weighted by molar-refractivity contribution is 6.65. The summed E-state index contributed by atoms with van der Waals surface area (Å²) in [6.07, 6.45) is 1.80. The van der Waals surface area contributed by atoms with Gasteiger partial charge in [0.2, 0.25) is 0 Å². The van der Waals surface area contributed by atoms with Crippen molar-refractivity contribution in [1.82, 2.24) is 4.98 Å². The van der Waals surface area contributed by atoms with Crippen LogP contribution in [0, 0.1) is 0 Å². The molecule has 0 amide bonds. The summed E-state index contributed by atoms with van der Waals surface area (Å²) in [6, 6.07) is 5.79. The zero-order valence-electron chi connectivity index (χ0n) is 13.5. The molecule has 22 heavy (non-hydrogen) atoms. The standard InChI is InChI=1S/C16H20BClN2O2/c1-15(2)16(3,4)22-17(21-15)13-8-11(18)6-10-7-12(19-5)9-20-14(10)13/h6-9,19H,1-5H3. The van der Waals surface area contributed by atoms with E-state index in [1.807, 2.05) is 52.9 Å². The van der Waals surface area contributed by atoms with Crippen molar-refractivity contribution in [2.75, 3.05) is 12.4 Å². The van der Waals surface area contributed by atoms with Gasteiger partial charge in [-0.25, -0.2) is 0 Å². The summed E-state index contributed by atoms with van der Waals surface area (Å²) in [4.78, 5) is 4.55. The van der Waals surface area contributed by atoms with E-state index in [1.54, 1.807) is 6.20 Å². The fourth-order valence-corrected chi connectivity index (χ4v) is 2.76. The predicted octanol–water partition coefficient (Wildman–Crippen LogP) is 3.23. The Labute approximate surface area is 136 Å². The van der Waals surface area contributed by atoms with Crippen LogP contribution in [0.3, 0.4) is 0 Å². The SMILES string of the molecule is CNc1cnc2c(B3OC(C)(C)C(C)(C)O3)cc(Cl)cc2c1. The van der Waals surface area contributed by atoms with Crippen molar-refractivity contribution in [3.63, 3.8) is 0 Å². The summed E-state index contributed by atoms with van der Waals surface area (Å²) < 4.78 is 12.3. The lowest BCUT2D eigenvalue weighted by Gasteiger charge is -2.32. The van der Waals surface area contributed by atoms with Crippen molar-refractivity contribution in [3.05, 3.63) is 29.4 Å². The van der Waals surface area contributed by atoms with E-state index in [0.717, 1.165) is 22.1 Å². The molecule has 0 bridgehead atoms. The Kier molecular flexibility index (Phi) is 3.63. The van der Waals surface area contributed by atoms with Crippen molar-refractivity contribution in [3.8, 4) is 0 Å². The van der Waals surface area contributed by atoms with Gasteiger partial charge in [-0.05, 0) is 45.9 Å². The molecule has 2 heterocycles. The molecule has 1 aromatic carbocycles. The zero-order chi connectivity index (χ0) is 16.1. The van der Waals surface area contributed by atoms with E-state index < -0.39 is 18.3 Å². The lowest BCUT2D eigenvalue weighted by atomic mass is 9.77. The summed E-state index contributed by atoms with van der Waals surface area (Å²) in [5, 5.41) is 4.69. The average Bonchev–Trinajstić information content (AvgIpc) is 2.65. The summed E-state index contributed by atoms with van der Waals surface area (Å²) >= 11 is 6.28. The molecule has 1 aromatic heterocycles. The first-order valence-corrected chi connectivity index (χ1v) is 7.74. The number of fused-ring (bicyclic) bond motifs is 1. The van der Waals surface area contributed by atoms with Gasteiger partial charge in [0, 0.05) is 22.9 Å². The number of halogens is 1. The Balaban J connectivity index is 2.12. The molecule has 1 aliphatic heterocycles. The summed E-state index contributed by atoms with van der Waals surface area (Å²) in [5.74, 6) is 0. The molecule has 2 aromatic rings. The lowest BCUT2D eigenvalue weighted by Crippen LogP contribution is -2.41. The van der Waals surface area contributed by atoms with E-state index in [1.165, 1.54) is 0 Å². The third kappa shape index (κ3) is 2.47. The van der Waals surface area contributed by atoms with E-state index in [2.05, 4.69) is 10.3 Å². The van der Waals surface area contributed by atoms with Crippen LogP contribution in [0.15, 0.2) is 24.4 Å². The molecular weight excluding hydrogens is 298 g/mol. The van der Waals surface area contributed by atoms with Gasteiger partial charge >= 0.3 is 7.12 Å². The second kappa shape index (κ2) is 5.12. The molecule has 0 atom stereocenters. The van der Waals surface area contributed by atoms with Crippen molar-refractivity contribution in [2.45, 2.75) is 38.9 Å². The first-order valence-electron chi connectivity index (χ1n) is 7.36. The second-order valence-electron chi connectivity index (χ2n) is 6.63. The fourth-order valence-electron chi connectivity index (χ4n) is 2.53. The highest BCUT2D eigenvalue weighted by atomic mass is 35.5. The number of pyridine rings is 1. The number of hydrogen-bond acceptors (Lipinski definition) is 4. The van der Waals surface area contributed by atoms with Gasteiger partial charge in [0.1, 0.15) is 0 Å². The topological polar surface area (TPSA) is 43.4 Å². The van der Waals surface area contributed by atoms with E-state index >= 15 is 0 Å². The molecule has 3 rings (SSSR count). The van der Waals surface area contributed by atoms with Crippen molar-refractivity contribution >= 4 is 40.8 Å². The predicted molar refractivity (Wildman–Crippen MR) is 92.0 cm³/mol. The molecule has 4 nitrogen and oxygen atoms in total. The second-order valence-corrected chi connectivity index (χ2v) is 7.07. The summed E-state index contributed by atoms with van der Waals surface area (Å²) in [5.41, 5.74) is 1.87. The Morgan fingerprint density at radius 2 is 1.73 bits per heavy atom. The molecule has 116 valence electrons. The van der Waals surface area contributed by atoms with Gasteiger partial charge in [0.25, 0.3) is 0 Å². The molecule has 6 heteroatoms. The van der Waals surface area contributed by atoms with Crippen molar-refractivity contribution in [2.24, 2.45) is 0 Å². The molecule has 0 spiro atoms. The van der Waals surface area contributed by atoms with Crippen LogP contribution in [0.5, 0.6) is 0 Å². The number of hydrogen-bond donors (Lipinski definition) is 1. The van der Waals surface area contributed by atoms with E-state index in [9.17, 15) is 0 Å². The number of anilines is 1. The number of benzene rings is 1.